The minimum Gasteiger partial charge on any atom is -0.487 e. The zero-order valence-electron chi connectivity index (χ0n) is 19.6. The number of thiophene rings is 1. The van der Waals surface area contributed by atoms with Gasteiger partial charge in [-0.05, 0) is 13.0 Å². The molecule has 2 aliphatic rings. The van der Waals surface area contributed by atoms with Crippen LogP contribution in [0.5, 0.6) is 11.6 Å². The summed E-state index contributed by atoms with van der Waals surface area (Å²) in [6.45, 7) is 6.29. The Labute approximate surface area is 202 Å². The van der Waals surface area contributed by atoms with E-state index in [1.165, 1.54) is 0 Å². The van der Waals surface area contributed by atoms with Gasteiger partial charge in [-0.1, -0.05) is 0 Å². The monoisotopic (exact) mass is 487 g/mol. The molecule has 182 valence electrons. The Balaban J connectivity index is 1.64. The molecule has 0 atom stereocenters. The number of fused-ring (bicyclic) bond motifs is 1. The first-order chi connectivity index (χ1) is 16.7. The lowest BCUT2D eigenvalue weighted by molar-refractivity contribution is 0.0260. The second-order valence-electron chi connectivity index (χ2n) is 8.15. The molecule has 0 aliphatic carbocycles. The Morgan fingerprint density at radius 3 is 2.59 bits per heavy atom. The van der Waals surface area contributed by atoms with Crippen LogP contribution in [0.4, 0.5) is 11.6 Å². The van der Waals surface area contributed by atoms with E-state index in [4.69, 9.17) is 33.8 Å². The molecule has 0 radical (unpaired) electrons. The van der Waals surface area contributed by atoms with E-state index < -0.39 is 0 Å². The summed E-state index contributed by atoms with van der Waals surface area (Å²) in [7, 11) is 3.12. The largest absolute Gasteiger partial charge is 0.487 e. The number of hydrogen-bond acceptors (Lipinski definition) is 11. The van der Waals surface area contributed by atoms with Gasteiger partial charge in [0, 0.05) is 42.6 Å². The van der Waals surface area contributed by atoms with E-state index in [1.54, 1.807) is 31.8 Å². The van der Waals surface area contributed by atoms with Gasteiger partial charge in [-0.15, -0.1) is 11.3 Å². The number of nitrogens with one attached hydrogen (secondary N) is 1. The van der Waals surface area contributed by atoms with E-state index in [9.17, 15) is 0 Å². The van der Waals surface area contributed by atoms with Gasteiger partial charge in [0.05, 0.1) is 51.0 Å². The zero-order valence-corrected chi connectivity index (χ0v) is 20.4. The van der Waals surface area contributed by atoms with Crippen molar-refractivity contribution in [1.29, 1.82) is 0 Å². The Kier molecular flexibility index (Phi) is 6.95. The Bertz CT molecular complexity index is 1140. The van der Waals surface area contributed by atoms with Crippen molar-refractivity contribution in [3.05, 3.63) is 17.1 Å². The summed E-state index contributed by atoms with van der Waals surface area (Å²) in [6, 6.07) is 1.92. The van der Waals surface area contributed by atoms with Crippen molar-refractivity contribution >= 4 is 33.2 Å². The molecule has 3 aromatic heterocycles. The van der Waals surface area contributed by atoms with Crippen LogP contribution in [-0.2, 0) is 14.3 Å². The molecular formula is C23H29N5O5S. The highest BCUT2D eigenvalue weighted by atomic mass is 32.1. The predicted molar refractivity (Wildman–Crippen MR) is 130 cm³/mol. The molecule has 5 rings (SSSR count). The average Bonchev–Trinajstić information content (AvgIpc) is 3.19. The molecule has 0 amide bonds. The third kappa shape index (κ3) is 4.61. The van der Waals surface area contributed by atoms with Gasteiger partial charge in [-0.2, -0.15) is 0 Å². The van der Waals surface area contributed by atoms with E-state index in [0.29, 0.717) is 30.7 Å². The highest BCUT2D eigenvalue weighted by Crippen LogP contribution is 2.43. The molecule has 1 N–H and O–H groups in total. The maximum Gasteiger partial charge on any atom is 0.239 e. The van der Waals surface area contributed by atoms with Gasteiger partial charge >= 0.3 is 0 Å². The third-order valence-corrected chi connectivity index (χ3v) is 7.00. The summed E-state index contributed by atoms with van der Waals surface area (Å²) >= 11 is 1.64. The van der Waals surface area contributed by atoms with Crippen molar-refractivity contribution in [2.45, 2.75) is 25.9 Å². The minimum atomic E-state index is 0.121. The summed E-state index contributed by atoms with van der Waals surface area (Å²) in [5.41, 5.74) is 5.93. The molecule has 2 saturated heterocycles. The number of ether oxygens (including phenoxy) is 4. The summed E-state index contributed by atoms with van der Waals surface area (Å²) in [5, 5.41) is 0. The molecule has 5 heterocycles. The van der Waals surface area contributed by atoms with Crippen LogP contribution in [0.25, 0.3) is 21.5 Å². The SMILES string of the molecule is CONc1cc(-c2nc(N3CCOCC3)nc3c(OC4CCOCC4)c(C)sc23)cnc1OC. The first kappa shape index (κ1) is 23.0. The molecule has 0 bridgehead atoms. The summed E-state index contributed by atoms with van der Waals surface area (Å²) in [4.78, 5) is 22.8. The van der Waals surface area contributed by atoms with Gasteiger partial charge in [0.1, 0.15) is 17.3 Å². The number of aromatic nitrogens is 3. The number of anilines is 2. The number of rotatable bonds is 7. The summed E-state index contributed by atoms with van der Waals surface area (Å²) < 4.78 is 23.9. The predicted octanol–water partition coefficient (Wildman–Crippen LogP) is 3.44. The smallest absolute Gasteiger partial charge is 0.239 e. The van der Waals surface area contributed by atoms with Crippen molar-refractivity contribution in [1.82, 2.24) is 15.0 Å². The molecule has 34 heavy (non-hydrogen) atoms. The number of pyridine rings is 1. The van der Waals surface area contributed by atoms with Crippen LogP contribution in [0.1, 0.15) is 17.7 Å². The highest BCUT2D eigenvalue weighted by molar-refractivity contribution is 7.20. The van der Waals surface area contributed by atoms with Crippen LogP contribution in [-0.4, -0.2) is 74.8 Å². The van der Waals surface area contributed by atoms with E-state index in [2.05, 4.69) is 22.3 Å². The molecule has 10 nitrogen and oxygen atoms in total. The van der Waals surface area contributed by atoms with E-state index in [1.807, 2.05) is 6.07 Å². The fourth-order valence-electron chi connectivity index (χ4n) is 4.18. The molecule has 2 fully saturated rings. The van der Waals surface area contributed by atoms with E-state index in [-0.39, 0.29) is 6.10 Å². The van der Waals surface area contributed by atoms with Gasteiger partial charge in [-0.25, -0.2) is 15.0 Å². The first-order valence-corrected chi connectivity index (χ1v) is 12.2. The normalized spacial score (nSPS) is 17.2. The Hall–Kier alpha value is -2.73. The van der Waals surface area contributed by atoms with Crippen LogP contribution in [0, 0.1) is 6.92 Å². The lowest BCUT2D eigenvalue weighted by Crippen LogP contribution is -2.37. The van der Waals surface area contributed by atoms with Gasteiger partial charge < -0.3 is 23.8 Å². The quantitative estimate of drug-likeness (QED) is 0.499. The summed E-state index contributed by atoms with van der Waals surface area (Å²) in [5.74, 6) is 1.94. The van der Waals surface area contributed by atoms with Crippen molar-refractivity contribution < 1.29 is 23.8 Å². The van der Waals surface area contributed by atoms with Crippen molar-refractivity contribution in [3.8, 4) is 22.9 Å². The fraction of sp³-hybridized carbons (Fsp3) is 0.522. The van der Waals surface area contributed by atoms with Gasteiger partial charge in [0.2, 0.25) is 11.8 Å². The number of aryl methyl sites for hydroxylation is 1. The van der Waals surface area contributed by atoms with Crippen LogP contribution >= 0.6 is 11.3 Å². The number of methoxy groups -OCH3 is 1. The van der Waals surface area contributed by atoms with Crippen molar-refractivity contribution in [2.24, 2.45) is 0 Å². The lowest BCUT2D eigenvalue weighted by atomic mass is 10.1. The Morgan fingerprint density at radius 2 is 1.85 bits per heavy atom. The minimum absolute atomic E-state index is 0.121. The van der Waals surface area contributed by atoms with Gasteiger partial charge in [0.15, 0.2) is 5.75 Å². The second kappa shape index (κ2) is 10.3. The molecule has 11 heteroatoms. The van der Waals surface area contributed by atoms with E-state index >= 15 is 0 Å². The molecule has 0 spiro atoms. The van der Waals surface area contributed by atoms with Crippen LogP contribution < -0.4 is 19.9 Å². The molecular weight excluding hydrogens is 458 g/mol. The number of nitrogens with zero attached hydrogens (tertiary/aromatic N) is 4. The molecule has 0 unspecified atom stereocenters. The fourth-order valence-corrected chi connectivity index (χ4v) is 5.22. The first-order valence-electron chi connectivity index (χ1n) is 11.4. The van der Waals surface area contributed by atoms with Crippen LogP contribution in [0.3, 0.4) is 0 Å². The average molecular weight is 488 g/mol. The third-order valence-electron chi connectivity index (χ3n) is 5.92. The molecule has 0 saturated carbocycles. The second-order valence-corrected chi connectivity index (χ2v) is 9.38. The lowest BCUT2D eigenvalue weighted by Gasteiger charge is -2.27. The van der Waals surface area contributed by atoms with Gasteiger partial charge in [-0.3, -0.25) is 10.3 Å². The molecule has 2 aliphatic heterocycles. The standard InChI is InChI=1S/C23H29N5O5S/c1-14-20(33-16-4-8-31-9-5-16)19-21(34-14)18(25-23(26-19)28-6-10-32-11-7-28)15-12-17(27-30-3)22(29-2)24-13-15/h12-13,16,27H,4-11H2,1-3H3. The van der Waals surface area contributed by atoms with E-state index in [0.717, 1.165) is 71.2 Å². The number of morpholine rings is 1. The number of hydrogen-bond donors (Lipinski definition) is 1. The molecule has 3 aromatic rings. The van der Waals surface area contributed by atoms with Crippen molar-refractivity contribution in [2.75, 3.05) is 64.1 Å². The topological polar surface area (TPSA) is 100 Å². The van der Waals surface area contributed by atoms with Gasteiger partial charge in [0.25, 0.3) is 0 Å². The van der Waals surface area contributed by atoms with Crippen LogP contribution in [0.15, 0.2) is 12.3 Å². The van der Waals surface area contributed by atoms with Crippen molar-refractivity contribution in [3.63, 3.8) is 0 Å². The maximum absolute atomic E-state index is 6.50. The maximum atomic E-state index is 6.50. The molecule has 0 aromatic carbocycles. The summed E-state index contributed by atoms with van der Waals surface area (Å²) in [6.07, 6.45) is 3.63. The zero-order chi connectivity index (χ0) is 23.5. The Morgan fingerprint density at radius 1 is 1.09 bits per heavy atom. The van der Waals surface area contributed by atoms with Crippen LogP contribution in [0.2, 0.25) is 0 Å². The highest BCUT2D eigenvalue weighted by Gasteiger charge is 2.25.